The van der Waals surface area contributed by atoms with Gasteiger partial charge in [-0.05, 0) is 26.0 Å². The van der Waals surface area contributed by atoms with E-state index >= 15 is 0 Å². The molecule has 1 heterocycles. The monoisotopic (exact) mass is 334 g/mol. The molecule has 0 spiro atoms. The molecular weight excluding hydrogens is 319 g/mol. The van der Waals surface area contributed by atoms with E-state index in [1.807, 2.05) is 0 Å². The maximum absolute atomic E-state index is 12.8. The van der Waals surface area contributed by atoms with Gasteiger partial charge in [-0.1, -0.05) is 12.1 Å². The summed E-state index contributed by atoms with van der Waals surface area (Å²) in [4.78, 5) is 24.8. The zero-order valence-corrected chi connectivity index (χ0v) is 13.6. The van der Waals surface area contributed by atoms with Gasteiger partial charge in [-0.25, -0.2) is 0 Å². The number of anilines is 1. The van der Waals surface area contributed by atoms with E-state index < -0.39 is 30.2 Å². The van der Waals surface area contributed by atoms with Crippen molar-refractivity contribution in [3.63, 3.8) is 0 Å². The van der Waals surface area contributed by atoms with Crippen LogP contribution < -0.4 is 5.32 Å². The Labute approximate surface area is 133 Å². The Bertz CT molecular complexity index is 768. The number of nitriles is 1. The summed E-state index contributed by atoms with van der Waals surface area (Å²) in [6.45, 7) is 3.15. The summed E-state index contributed by atoms with van der Waals surface area (Å²) in [5, 5.41) is 11.3. The lowest BCUT2D eigenvalue weighted by atomic mass is 9.97. The molecule has 1 aliphatic heterocycles. The topological polar surface area (TPSA) is 105 Å². The lowest BCUT2D eigenvalue weighted by Gasteiger charge is -2.22. The molecule has 0 radical (unpaired) electrons. The SMILES string of the molecule is CCOP(=O)(OCC)/C(C#N)=C1/C(=O)Nc2ccccc2C1=O. The van der Waals surface area contributed by atoms with Crippen molar-refractivity contribution in [3.8, 4) is 6.07 Å². The molecule has 7 nitrogen and oxygen atoms in total. The van der Waals surface area contributed by atoms with Gasteiger partial charge in [-0.3, -0.25) is 14.2 Å². The molecule has 1 aromatic carbocycles. The van der Waals surface area contributed by atoms with Gasteiger partial charge in [-0.15, -0.1) is 0 Å². The minimum atomic E-state index is -4.05. The quantitative estimate of drug-likeness (QED) is 0.384. The van der Waals surface area contributed by atoms with Crippen LogP contribution in [0, 0.1) is 11.3 Å². The van der Waals surface area contributed by atoms with Gasteiger partial charge in [0, 0.05) is 5.56 Å². The predicted molar refractivity (Wildman–Crippen MR) is 82.9 cm³/mol. The summed E-state index contributed by atoms with van der Waals surface area (Å²) in [5.74, 6) is -1.48. The molecule has 1 amide bonds. The van der Waals surface area contributed by atoms with Crippen LogP contribution in [-0.4, -0.2) is 24.9 Å². The molecule has 0 aromatic heterocycles. The standard InChI is InChI=1S/C15H15N2O5P/c1-3-21-23(20,22-4-2)12(9-16)13-14(18)10-7-5-6-8-11(10)17-15(13)19/h5-8H,3-4H2,1-2H3,(H,17,19)/b13-12+. The van der Waals surface area contributed by atoms with Crippen LogP contribution in [0.3, 0.4) is 0 Å². The van der Waals surface area contributed by atoms with Crippen molar-refractivity contribution in [2.45, 2.75) is 13.8 Å². The van der Waals surface area contributed by atoms with Crippen molar-refractivity contribution in [2.24, 2.45) is 0 Å². The molecule has 120 valence electrons. The van der Waals surface area contributed by atoms with E-state index in [9.17, 15) is 19.4 Å². The Hall–Kier alpha value is -2.26. The third kappa shape index (κ3) is 3.10. The summed E-state index contributed by atoms with van der Waals surface area (Å²) in [7, 11) is -4.05. The van der Waals surface area contributed by atoms with Crippen molar-refractivity contribution in [1.29, 1.82) is 5.26 Å². The highest BCUT2D eigenvalue weighted by Gasteiger charge is 2.40. The van der Waals surface area contributed by atoms with E-state index in [2.05, 4.69) is 5.32 Å². The van der Waals surface area contributed by atoms with Crippen LogP contribution in [0.4, 0.5) is 5.69 Å². The fraction of sp³-hybridized carbons (Fsp3) is 0.267. The largest absolute Gasteiger partial charge is 0.372 e. The highest BCUT2D eigenvalue weighted by atomic mass is 31.2. The van der Waals surface area contributed by atoms with Gasteiger partial charge in [0.1, 0.15) is 11.6 Å². The first-order chi connectivity index (χ1) is 11.0. The summed E-state index contributed by atoms with van der Waals surface area (Å²) in [6.07, 6.45) is 0. The number of carbonyl (C=O) groups is 2. The van der Waals surface area contributed by atoms with Crippen molar-refractivity contribution >= 4 is 25.0 Å². The summed E-state index contributed by atoms with van der Waals surface area (Å²) in [6, 6.07) is 8.03. The van der Waals surface area contributed by atoms with Gasteiger partial charge in [0.2, 0.25) is 5.78 Å². The highest BCUT2D eigenvalue weighted by molar-refractivity contribution is 7.59. The average Bonchev–Trinajstić information content (AvgIpc) is 2.51. The number of para-hydroxylation sites is 1. The van der Waals surface area contributed by atoms with Gasteiger partial charge < -0.3 is 14.4 Å². The van der Waals surface area contributed by atoms with Crippen LogP contribution in [0.1, 0.15) is 24.2 Å². The van der Waals surface area contributed by atoms with E-state index in [-0.39, 0.29) is 18.8 Å². The first-order valence-corrected chi connectivity index (χ1v) is 8.51. The van der Waals surface area contributed by atoms with E-state index in [4.69, 9.17) is 9.05 Å². The van der Waals surface area contributed by atoms with Crippen molar-refractivity contribution in [3.05, 3.63) is 40.7 Å². The van der Waals surface area contributed by atoms with Crippen molar-refractivity contribution in [1.82, 2.24) is 0 Å². The van der Waals surface area contributed by atoms with E-state index in [0.717, 1.165) is 0 Å². The minimum absolute atomic E-state index is 0.00212. The van der Waals surface area contributed by atoms with Crippen LogP contribution in [0.5, 0.6) is 0 Å². The Morgan fingerprint density at radius 3 is 2.39 bits per heavy atom. The molecule has 0 aliphatic carbocycles. The first kappa shape index (κ1) is 17.1. The number of rotatable bonds is 5. The second-order valence-corrected chi connectivity index (χ2v) is 6.46. The van der Waals surface area contributed by atoms with Crippen LogP contribution in [0.2, 0.25) is 0 Å². The van der Waals surface area contributed by atoms with Gasteiger partial charge in [0.05, 0.1) is 18.9 Å². The van der Waals surface area contributed by atoms with Crippen LogP contribution >= 0.6 is 7.60 Å². The Morgan fingerprint density at radius 2 is 1.83 bits per heavy atom. The van der Waals surface area contributed by atoms with Gasteiger partial charge in [-0.2, -0.15) is 5.26 Å². The number of hydrogen-bond donors (Lipinski definition) is 1. The van der Waals surface area contributed by atoms with Crippen molar-refractivity contribution in [2.75, 3.05) is 18.5 Å². The molecule has 0 unspecified atom stereocenters. The number of nitrogens with one attached hydrogen (secondary N) is 1. The molecule has 1 aliphatic rings. The smallest absolute Gasteiger partial charge is 0.321 e. The molecular formula is C15H15N2O5P. The Kier molecular flexibility index (Phi) is 5.12. The molecule has 0 bridgehead atoms. The molecule has 0 atom stereocenters. The minimum Gasteiger partial charge on any atom is -0.321 e. The molecule has 0 saturated heterocycles. The number of fused-ring (bicyclic) bond motifs is 1. The van der Waals surface area contributed by atoms with Crippen LogP contribution in [0.25, 0.3) is 0 Å². The van der Waals surface area contributed by atoms with Gasteiger partial charge in [0.15, 0.2) is 5.31 Å². The lowest BCUT2D eigenvalue weighted by molar-refractivity contribution is -0.112. The third-order valence-corrected chi connectivity index (χ3v) is 5.16. The zero-order chi connectivity index (χ0) is 17.0. The number of nitrogens with zero attached hydrogens (tertiary/aromatic N) is 1. The number of carbonyl (C=O) groups excluding carboxylic acids is 2. The summed E-state index contributed by atoms with van der Waals surface area (Å²) < 4.78 is 23.0. The third-order valence-electron chi connectivity index (χ3n) is 3.09. The molecule has 0 saturated carbocycles. The second kappa shape index (κ2) is 6.88. The molecule has 1 aromatic rings. The lowest BCUT2D eigenvalue weighted by Crippen LogP contribution is -2.29. The van der Waals surface area contributed by atoms with E-state index in [1.165, 1.54) is 6.07 Å². The molecule has 8 heteroatoms. The molecule has 2 rings (SSSR count). The fourth-order valence-electron chi connectivity index (χ4n) is 2.19. The Morgan fingerprint density at radius 1 is 1.22 bits per heavy atom. The first-order valence-electron chi connectivity index (χ1n) is 6.97. The van der Waals surface area contributed by atoms with Gasteiger partial charge in [0.25, 0.3) is 5.91 Å². The fourth-order valence-corrected chi connectivity index (χ4v) is 3.80. The van der Waals surface area contributed by atoms with E-state index in [0.29, 0.717) is 5.69 Å². The maximum Gasteiger partial charge on any atom is 0.372 e. The number of Topliss-reactive ketones (excluding diaryl/α,β-unsaturated/α-hetero) is 1. The molecule has 23 heavy (non-hydrogen) atoms. The average molecular weight is 334 g/mol. The maximum atomic E-state index is 12.8. The summed E-state index contributed by atoms with van der Waals surface area (Å²) in [5.41, 5.74) is 0.0528. The number of hydrogen-bond acceptors (Lipinski definition) is 6. The molecule has 0 fully saturated rings. The molecule has 1 N–H and O–H groups in total. The summed E-state index contributed by atoms with van der Waals surface area (Å²) >= 11 is 0. The van der Waals surface area contributed by atoms with Gasteiger partial charge >= 0.3 is 7.60 Å². The number of ketones is 1. The second-order valence-electron chi connectivity index (χ2n) is 4.50. The number of amides is 1. The van der Waals surface area contributed by atoms with Crippen LogP contribution in [0.15, 0.2) is 35.2 Å². The zero-order valence-electron chi connectivity index (χ0n) is 12.7. The highest BCUT2D eigenvalue weighted by Crippen LogP contribution is 2.57. The number of benzene rings is 1. The Balaban J connectivity index is 2.66. The normalized spacial score (nSPS) is 16.4. The van der Waals surface area contributed by atoms with E-state index in [1.54, 1.807) is 38.1 Å². The predicted octanol–water partition coefficient (Wildman–Crippen LogP) is 2.87. The van der Waals surface area contributed by atoms with Crippen LogP contribution in [-0.2, 0) is 18.4 Å². The van der Waals surface area contributed by atoms with Crippen molar-refractivity contribution < 1.29 is 23.2 Å². The number of allylic oxidation sites excluding steroid dienone is 1.